The van der Waals surface area contributed by atoms with Crippen molar-refractivity contribution in [1.29, 1.82) is 0 Å². The van der Waals surface area contributed by atoms with Crippen LogP contribution in [0, 0.1) is 23.7 Å². The van der Waals surface area contributed by atoms with Crippen molar-refractivity contribution in [3.8, 4) is 0 Å². The molecular formula is C14H24. The lowest BCUT2D eigenvalue weighted by Gasteiger charge is -2.30. The quantitative estimate of drug-likeness (QED) is 0.534. The molecule has 3 aliphatic carbocycles. The maximum Gasteiger partial charge on any atom is -0.0383 e. The van der Waals surface area contributed by atoms with Crippen molar-refractivity contribution in [3.05, 3.63) is 0 Å². The largest absolute Gasteiger partial charge is 0.0530 e. The van der Waals surface area contributed by atoms with Crippen molar-refractivity contribution in [2.45, 2.75) is 64.2 Å². The second-order valence-corrected chi connectivity index (χ2v) is 6.07. The maximum absolute atomic E-state index is 1.62. The Balaban J connectivity index is 1.71. The van der Waals surface area contributed by atoms with Gasteiger partial charge in [0.05, 0.1) is 0 Å². The summed E-state index contributed by atoms with van der Waals surface area (Å²) in [6.45, 7) is 0. The second kappa shape index (κ2) is 3.87. The molecule has 4 atom stereocenters. The van der Waals surface area contributed by atoms with Crippen LogP contribution in [0.2, 0.25) is 0 Å². The molecule has 0 aromatic heterocycles. The van der Waals surface area contributed by atoms with E-state index >= 15 is 0 Å². The summed E-state index contributed by atoms with van der Waals surface area (Å²) < 4.78 is 0. The van der Waals surface area contributed by atoms with Crippen LogP contribution in [0.25, 0.3) is 0 Å². The highest BCUT2D eigenvalue weighted by Gasteiger charge is 2.36. The molecule has 0 saturated heterocycles. The molecule has 0 bridgehead atoms. The van der Waals surface area contributed by atoms with Crippen LogP contribution in [0.3, 0.4) is 0 Å². The molecule has 0 aliphatic heterocycles. The van der Waals surface area contributed by atoms with E-state index < -0.39 is 0 Å². The van der Waals surface area contributed by atoms with Gasteiger partial charge >= 0.3 is 0 Å². The zero-order chi connectivity index (χ0) is 9.38. The van der Waals surface area contributed by atoms with E-state index in [2.05, 4.69) is 0 Å². The van der Waals surface area contributed by atoms with Gasteiger partial charge in [-0.1, -0.05) is 44.9 Å². The van der Waals surface area contributed by atoms with Gasteiger partial charge in [-0.3, -0.25) is 0 Å². The van der Waals surface area contributed by atoms with Gasteiger partial charge in [0.1, 0.15) is 0 Å². The van der Waals surface area contributed by atoms with Gasteiger partial charge in [-0.2, -0.15) is 0 Å². The topological polar surface area (TPSA) is 0 Å². The summed E-state index contributed by atoms with van der Waals surface area (Å²) in [5, 5.41) is 0. The molecule has 4 unspecified atom stereocenters. The highest BCUT2D eigenvalue weighted by atomic mass is 14.4. The molecule has 0 heterocycles. The van der Waals surface area contributed by atoms with Crippen LogP contribution in [0.1, 0.15) is 64.2 Å². The van der Waals surface area contributed by atoms with E-state index in [-0.39, 0.29) is 0 Å². The van der Waals surface area contributed by atoms with Crippen LogP contribution in [-0.4, -0.2) is 0 Å². The van der Waals surface area contributed by atoms with Gasteiger partial charge in [-0.25, -0.2) is 0 Å². The minimum Gasteiger partial charge on any atom is -0.0530 e. The van der Waals surface area contributed by atoms with Gasteiger partial charge < -0.3 is 0 Å². The van der Waals surface area contributed by atoms with Crippen molar-refractivity contribution < 1.29 is 0 Å². The van der Waals surface area contributed by atoms with Crippen LogP contribution in [-0.2, 0) is 0 Å². The Morgan fingerprint density at radius 2 is 0.929 bits per heavy atom. The number of rotatable bonds is 0. The van der Waals surface area contributed by atoms with E-state index in [1.165, 1.54) is 6.42 Å². The van der Waals surface area contributed by atoms with E-state index in [0.29, 0.717) is 0 Å². The normalized spacial score (nSPS) is 48.0. The molecule has 80 valence electrons. The molecule has 0 nitrogen and oxygen atoms in total. The summed E-state index contributed by atoms with van der Waals surface area (Å²) in [6.07, 6.45) is 15.7. The maximum atomic E-state index is 1.62. The summed E-state index contributed by atoms with van der Waals surface area (Å²) in [6, 6.07) is 0. The first kappa shape index (κ1) is 9.24. The first-order chi connectivity index (χ1) is 6.93. The summed E-state index contributed by atoms with van der Waals surface area (Å²) in [7, 11) is 0. The molecular weight excluding hydrogens is 168 g/mol. The Morgan fingerprint density at radius 3 is 1.64 bits per heavy atom. The Labute approximate surface area is 88.5 Å². The van der Waals surface area contributed by atoms with Gasteiger partial charge in [0.15, 0.2) is 0 Å². The average Bonchev–Trinajstić information content (AvgIpc) is 2.58. The van der Waals surface area contributed by atoms with Crippen molar-refractivity contribution in [2.24, 2.45) is 23.7 Å². The van der Waals surface area contributed by atoms with Crippen LogP contribution < -0.4 is 0 Å². The van der Waals surface area contributed by atoms with Gasteiger partial charge in [-0.15, -0.1) is 0 Å². The lowest BCUT2D eigenvalue weighted by molar-refractivity contribution is 0.207. The second-order valence-electron chi connectivity index (χ2n) is 6.07. The van der Waals surface area contributed by atoms with Crippen LogP contribution in [0.4, 0.5) is 0 Å². The lowest BCUT2D eigenvalue weighted by atomic mass is 9.75. The zero-order valence-electron chi connectivity index (χ0n) is 9.38. The summed E-state index contributed by atoms with van der Waals surface area (Å²) in [4.78, 5) is 0. The van der Waals surface area contributed by atoms with Crippen LogP contribution in [0.5, 0.6) is 0 Å². The lowest BCUT2D eigenvalue weighted by Crippen LogP contribution is -2.19. The van der Waals surface area contributed by atoms with Crippen molar-refractivity contribution >= 4 is 0 Å². The minimum atomic E-state index is 1.15. The fourth-order valence-electron chi connectivity index (χ4n) is 4.60. The van der Waals surface area contributed by atoms with E-state index in [9.17, 15) is 0 Å². The van der Waals surface area contributed by atoms with Gasteiger partial charge in [-0.05, 0) is 42.9 Å². The average molecular weight is 192 g/mol. The number of hydrogen-bond donors (Lipinski definition) is 0. The van der Waals surface area contributed by atoms with Crippen LogP contribution in [0.15, 0.2) is 0 Å². The molecule has 0 N–H and O–H groups in total. The van der Waals surface area contributed by atoms with E-state index in [1.807, 2.05) is 0 Å². The summed E-state index contributed by atoms with van der Waals surface area (Å²) >= 11 is 0. The molecule has 0 aromatic carbocycles. The molecule has 3 rings (SSSR count). The highest BCUT2D eigenvalue weighted by molar-refractivity contribution is 4.87. The van der Waals surface area contributed by atoms with Gasteiger partial charge in [0.25, 0.3) is 0 Å². The van der Waals surface area contributed by atoms with Crippen molar-refractivity contribution in [2.75, 3.05) is 0 Å². The minimum absolute atomic E-state index is 1.15. The third-order valence-electron chi connectivity index (χ3n) is 5.40. The predicted octanol–water partition coefficient (Wildman–Crippen LogP) is 4.39. The fraction of sp³-hybridized carbons (Fsp3) is 1.00. The molecule has 0 spiro atoms. The predicted molar refractivity (Wildman–Crippen MR) is 60.1 cm³/mol. The fourth-order valence-corrected chi connectivity index (χ4v) is 4.60. The molecule has 0 aromatic rings. The van der Waals surface area contributed by atoms with Gasteiger partial charge in [0.2, 0.25) is 0 Å². The summed E-state index contributed by atoms with van der Waals surface area (Å²) in [5.41, 5.74) is 0. The first-order valence-electron chi connectivity index (χ1n) is 6.93. The SMILES string of the molecule is C1CCC2CC3CCCC3CCC2C1. The van der Waals surface area contributed by atoms with Crippen molar-refractivity contribution in [1.82, 2.24) is 0 Å². The van der Waals surface area contributed by atoms with E-state index in [0.717, 1.165) is 23.7 Å². The summed E-state index contributed by atoms with van der Waals surface area (Å²) in [5.74, 6) is 4.61. The van der Waals surface area contributed by atoms with Crippen molar-refractivity contribution in [3.63, 3.8) is 0 Å². The van der Waals surface area contributed by atoms with Gasteiger partial charge in [0, 0.05) is 0 Å². The third kappa shape index (κ3) is 1.61. The molecule has 3 saturated carbocycles. The zero-order valence-corrected chi connectivity index (χ0v) is 9.38. The Bertz CT molecular complexity index is 196. The Hall–Kier alpha value is 0. The highest BCUT2D eigenvalue weighted by Crippen LogP contribution is 2.48. The standard InChI is InChI=1S/C14H24/c1-2-5-13-10-14-7-3-6-12(14)9-8-11(13)4-1/h11-14H,1-10H2. The molecule has 0 heteroatoms. The smallest absolute Gasteiger partial charge is 0.0383 e. The molecule has 14 heavy (non-hydrogen) atoms. The Morgan fingerprint density at radius 1 is 0.429 bits per heavy atom. The number of hydrogen-bond acceptors (Lipinski definition) is 0. The molecule has 3 aliphatic rings. The van der Waals surface area contributed by atoms with Crippen LogP contribution >= 0.6 is 0 Å². The molecule has 3 fully saturated rings. The number of fused-ring (bicyclic) bond motifs is 2. The molecule has 0 amide bonds. The first-order valence-corrected chi connectivity index (χ1v) is 6.93. The molecule has 0 radical (unpaired) electrons. The van der Waals surface area contributed by atoms with E-state index in [4.69, 9.17) is 0 Å². The third-order valence-corrected chi connectivity index (χ3v) is 5.40. The van der Waals surface area contributed by atoms with E-state index in [1.54, 1.807) is 57.8 Å². The monoisotopic (exact) mass is 192 g/mol. The Kier molecular flexibility index (Phi) is 2.55.